The first-order valence-electron chi connectivity index (χ1n) is 3.67. The van der Waals surface area contributed by atoms with Gasteiger partial charge in [-0.25, -0.2) is 0 Å². The van der Waals surface area contributed by atoms with Gasteiger partial charge in [-0.1, -0.05) is 19.0 Å². The van der Waals surface area contributed by atoms with E-state index >= 15 is 0 Å². The number of oxime groups is 1. The minimum Gasteiger partial charge on any atom is -0.409 e. The van der Waals surface area contributed by atoms with Gasteiger partial charge in [-0.2, -0.15) is 0 Å². The molecule has 4 heteroatoms. The summed E-state index contributed by atoms with van der Waals surface area (Å²) in [4.78, 5) is 0. The first-order valence-corrected chi connectivity index (χ1v) is 3.67. The Kier molecular flexibility index (Phi) is 4.61. The zero-order chi connectivity index (χ0) is 8.85. The van der Waals surface area contributed by atoms with Gasteiger partial charge >= 0.3 is 0 Å². The molecule has 0 heterocycles. The van der Waals surface area contributed by atoms with Gasteiger partial charge in [0.05, 0.1) is 0 Å². The van der Waals surface area contributed by atoms with E-state index in [-0.39, 0.29) is 11.9 Å². The highest BCUT2D eigenvalue weighted by molar-refractivity contribution is 5.83. The lowest BCUT2D eigenvalue weighted by molar-refractivity contribution is 0.0843. The molecule has 0 aromatic heterocycles. The van der Waals surface area contributed by atoms with Crippen LogP contribution in [0.25, 0.3) is 0 Å². The Morgan fingerprint density at radius 3 is 2.45 bits per heavy atom. The van der Waals surface area contributed by atoms with Crippen LogP contribution in [0.2, 0.25) is 0 Å². The summed E-state index contributed by atoms with van der Waals surface area (Å²) in [6.07, 6.45) is -0.303. The normalized spacial score (nSPS) is 15.5. The number of ether oxygens (including phenoxy) is 1. The van der Waals surface area contributed by atoms with Crippen LogP contribution in [0, 0.1) is 5.92 Å². The van der Waals surface area contributed by atoms with Crippen LogP contribution in [0.4, 0.5) is 0 Å². The van der Waals surface area contributed by atoms with Crippen molar-refractivity contribution < 1.29 is 9.94 Å². The second-order valence-electron chi connectivity index (χ2n) is 2.89. The summed E-state index contributed by atoms with van der Waals surface area (Å²) in [7, 11) is 0. The molecule has 0 aliphatic carbocycles. The van der Waals surface area contributed by atoms with Crippen molar-refractivity contribution in [3.63, 3.8) is 0 Å². The molecule has 11 heavy (non-hydrogen) atoms. The van der Waals surface area contributed by atoms with E-state index in [1.165, 1.54) is 0 Å². The third kappa shape index (κ3) is 4.61. The first-order chi connectivity index (χ1) is 5.07. The van der Waals surface area contributed by atoms with Crippen molar-refractivity contribution in [1.29, 1.82) is 0 Å². The van der Waals surface area contributed by atoms with E-state index in [4.69, 9.17) is 15.7 Å². The zero-order valence-corrected chi connectivity index (χ0v) is 7.24. The van der Waals surface area contributed by atoms with Crippen LogP contribution in [0.5, 0.6) is 0 Å². The predicted octanol–water partition coefficient (Wildman–Crippen LogP) is 0.794. The lowest BCUT2D eigenvalue weighted by atomic mass is 10.2. The van der Waals surface area contributed by atoms with Crippen LogP contribution >= 0.6 is 0 Å². The van der Waals surface area contributed by atoms with Crippen molar-refractivity contribution in [3.05, 3.63) is 0 Å². The van der Waals surface area contributed by atoms with Crippen molar-refractivity contribution in [3.8, 4) is 0 Å². The number of nitrogens with two attached hydrogens (primary N) is 1. The molecule has 66 valence electrons. The average Bonchev–Trinajstić information content (AvgIpc) is 1.98. The number of nitrogens with zero attached hydrogens (tertiary/aromatic N) is 1. The Labute approximate surface area is 67.0 Å². The number of hydrogen-bond donors (Lipinski definition) is 2. The fraction of sp³-hybridized carbons (Fsp3) is 0.857. The maximum Gasteiger partial charge on any atom is 0.168 e. The summed E-state index contributed by atoms with van der Waals surface area (Å²) in [5.74, 6) is 0.578. The summed E-state index contributed by atoms with van der Waals surface area (Å²) in [6, 6.07) is 0. The van der Waals surface area contributed by atoms with E-state index in [2.05, 4.69) is 5.16 Å². The minimum atomic E-state index is -0.303. The second kappa shape index (κ2) is 4.96. The third-order valence-corrected chi connectivity index (χ3v) is 1.21. The maximum absolute atomic E-state index is 8.25. The molecule has 1 atom stereocenters. The van der Waals surface area contributed by atoms with Crippen LogP contribution in [0.3, 0.4) is 0 Å². The van der Waals surface area contributed by atoms with Crippen molar-refractivity contribution in [1.82, 2.24) is 0 Å². The second-order valence-corrected chi connectivity index (χ2v) is 2.89. The molecule has 0 aromatic rings. The predicted molar refractivity (Wildman–Crippen MR) is 43.7 cm³/mol. The Balaban J connectivity index is 3.61. The van der Waals surface area contributed by atoms with Crippen LogP contribution in [0.1, 0.15) is 20.8 Å². The minimum absolute atomic E-state index is 0.116. The smallest absolute Gasteiger partial charge is 0.168 e. The number of hydrogen-bond acceptors (Lipinski definition) is 3. The molecule has 0 saturated carbocycles. The molecule has 0 aliphatic heterocycles. The lowest BCUT2D eigenvalue weighted by Crippen LogP contribution is -2.29. The summed E-state index contributed by atoms with van der Waals surface area (Å²) in [5, 5.41) is 11.1. The van der Waals surface area contributed by atoms with E-state index in [0.717, 1.165) is 0 Å². The SMILES string of the molecule is CC(C)CO[C@@H](C)/C(N)=N\O. The van der Waals surface area contributed by atoms with Crippen molar-refractivity contribution in [2.75, 3.05) is 6.61 Å². The average molecular weight is 160 g/mol. The van der Waals surface area contributed by atoms with Gasteiger partial charge in [0, 0.05) is 6.61 Å². The van der Waals surface area contributed by atoms with Gasteiger partial charge in [-0.3, -0.25) is 0 Å². The van der Waals surface area contributed by atoms with Crippen molar-refractivity contribution >= 4 is 5.84 Å². The molecule has 0 unspecified atom stereocenters. The highest BCUT2D eigenvalue weighted by Crippen LogP contribution is 1.97. The fourth-order valence-corrected chi connectivity index (χ4v) is 0.503. The van der Waals surface area contributed by atoms with E-state index in [1.807, 2.05) is 13.8 Å². The Hall–Kier alpha value is -0.770. The van der Waals surface area contributed by atoms with Gasteiger partial charge in [0.2, 0.25) is 0 Å². The molecular weight excluding hydrogens is 144 g/mol. The zero-order valence-electron chi connectivity index (χ0n) is 7.24. The van der Waals surface area contributed by atoms with Crippen LogP contribution in [0.15, 0.2) is 5.16 Å². The quantitative estimate of drug-likeness (QED) is 0.276. The number of amidine groups is 1. The molecule has 0 fully saturated rings. The highest BCUT2D eigenvalue weighted by atomic mass is 16.5. The van der Waals surface area contributed by atoms with Gasteiger partial charge in [-0.05, 0) is 12.8 Å². The number of rotatable bonds is 4. The van der Waals surface area contributed by atoms with Crippen molar-refractivity contribution in [2.45, 2.75) is 26.9 Å². The molecule has 0 aliphatic rings. The van der Waals surface area contributed by atoms with Gasteiger partial charge in [0.15, 0.2) is 5.84 Å². The summed E-state index contributed by atoms with van der Waals surface area (Å²) < 4.78 is 5.24. The van der Waals surface area contributed by atoms with E-state index in [1.54, 1.807) is 6.92 Å². The Bertz CT molecular complexity index is 134. The largest absolute Gasteiger partial charge is 0.409 e. The van der Waals surface area contributed by atoms with Gasteiger partial charge in [-0.15, -0.1) is 0 Å². The van der Waals surface area contributed by atoms with Crippen LogP contribution < -0.4 is 5.73 Å². The van der Waals surface area contributed by atoms with Crippen LogP contribution in [-0.4, -0.2) is 23.8 Å². The third-order valence-electron chi connectivity index (χ3n) is 1.21. The van der Waals surface area contributed by atoms with Gasteiger partial charge < -0.3 is 15.7 Å². The van der Waals surface area contributed by atoms with Crippen LogP contribution in [-0.2, 0) is 4.74 Å². The molecular formula is C7H16N2O2. The lowest BCUT2D eigenvalue weighted by Gasteiger charge is -2.12. The maximum atomic E-state index is 8.25. The molecule has 0 bridgehead atoms. The molecule has 0 saturated heterocycles. The van der Waals surface area contributed by atoms with E-state index in [9.17, 15) is 0 Å². The van der Waals surface area contributed by atoms with Gasteiger partial charge in [0.25, 0.3) is 0 Å². The van der Waals surface area contributed by atoms with E-state index < -0.39 is 0 Å². The molecule has 0 amide bonds. The molecule has 0 spiro atoms. The first kappa shape index (κ1) is 10.2. The molecule has 3 N–H and O–H groups in total. The molecule has 4 nitrogen and oxygen atoms in total. The Morgan fingerprint density at radius 2 is 2.09 bits per heavy atom. The highest BCUT2D eigenvalue weighted by Gasteiger charge is 2.07. The monoisotopic (exact) mass is 160 g/mol. The van der Waals surface area contributed by atoms with Crippen molar-refractivity contribution in [2.24, 2.45) is 16.8 Å². The van der Waals surface area contributed by atoms with Gasteiger partial charge in [0.1, 0.15) is 6.10 Å². The summed E-state index contributed by atoms with van der Waals surface area (Å²) in [5.41, 5.74) is 5.28. The van der Waals surface area contributed by atoms with E-state index in [0.29, 0.717) is 12.5 Å². The molecule has 0 aromatic carbocycles. The fourth-order valence-electron chi connectivity index (χ4n) is 0.503. The Morgan fingerprint density at radius 1 is 1.55 bits per heavy atom. The summed E-state index contributed by atoms with van der Waals surface area (Å²) in [6.45, 7) is 6.45. The molecule has 0 rings (SSSR count). The summed E-state index contributed by atoms with van der Waals surface area (Å²) >= 11 is 0. The standard InChI is InChI=1S/C7H16N2O2/c1-5(2)4-11-6(3)7(8)9-10/h5-6,10H,4H2,1-3H3,(H2,8,9)/t6-/m0/s1. The topological polar surface area (TPSA) is 67.8 Å². The molecule has 0 radical (unpaired) electrons.